The molecule has 1 aliphatic carbocycles. The van der Waals surface area contributed by atoms with Crippen LogP contribution in [0.4, 0.5) is 0 Å². The van der Waals surface area contributed by atoms with Gasteiger partial charge < -0.3 is 15.0 Å². The normalized spacial score (nSPS) is 36.1. The van der Waals surface area contributed by atoms with Gasteiger partial charge in [-0.1, -0.05) is 18.2 Å². The standard InChI is InChI=1S/C20H26N4O2/c21-23-20(26)19-14-7-12-8-17-15(13-3-1-2-4-16(13)22-17)10-24(12)9-11(14)5-6-18(19)25/h1-4,11-12,14,18-19,22,25H,5-10,21H2,(H,23,26)/p+1/t11-,12-,14-,18-,19+/m0/s1. The van der Waals surface area contributed by atoms with Gasteiger partial charge in [-0.25, -0.2) is 5.84 Å². The summed E-state index contributed by atoms with van der Waals surface area (Å²) in [6.07, 6.45) is 3.17. The number of hydrazine groups is 1. The van der Waals surface area contributed by atoms with Crippen molar-refractivity contribution in [1.82, 2.24) is 10.4 Å². The van der Waals surface area contributed by atoms with Crippen LogP contribution in [0.3, 0.4) is 0 Å². The summed E-state index contributed by atoms with van der Waals surface area (Å²) < 4.78 is 0. The van der Waals surface area contributed by atoms with Crippen LogP contribution in [-0.2, 0) is 17.8 Å². The van der Waals surface area contributed by atoms with Crippen molar-refractivity contribution in [3.63, 3.8) is 0 Å². The fourth-order valence-electron chi connectivity index (χ4n) is 5.96. The molecule has 3 aliphatic rings. The number of para-hydroxylation sites is 1. The van der Waals surface area contributed by atoms with Crippen LogP contribution in [0.15, 0.2) is 24.3 Å². The Morgan fingerprint density at radius 3 is 3.00 bits per heavy atom. The van der Waals surface area contributed by atoms with Gasteiger partial charge in [0, 0.05) is 40.9 Å². The molecule has 1 amide bonds. The molecule has 1 unspecified atom stereocenters. The van der Waals surface area contributed by atoms with E-state index >= 15 is 0 Å². The van der Waals surface area contributed by atoms with E-state index in [0.717, 1.165) is 32.4 Å². The summed E-state index contributed by atoms with van der Waals surface area (Å²) >= 11 is 0. The molecule has 0 bridgehead atoms. The number of piperidine rings is 1. The fourth-order valence-corrected chi connectivity index (χ4v) is 5.96. The van der Waals surface area contributed by atoms with E-state index in [-0.39, 0.29) is 17.7 Å². The number of carbonyl (C=O) groups is 1. The molecular weight excluding hydrogens is 328 g/mol. The summed E-state index contributed by atoms with van der Waals surface area (Å²) in [4.78, 5) is 17.6. The number of rotatable bonds is 1. The molecule has 1 saturated carbocycles. The van der Waals surface area contributed by atoms with Crippen molar-refractivity contribution in [1.29, 1.82) is 0 Å². The number of aliphatic hydroxyl groups is 1. The number of aromatic amines is 1. The number of hydrogen-bond acceptors (Lipinski definition) is 3. The van der Waals surface area contributed by atoms with Crippen LogP contribution in [0.25, 0.3) is 10.9 Å². The zero-order valence-corrected chi connectivity index (χ0v) is 14.9. The molecule has 5 rings (SSSR count). The van der Waals surface area contributed by atoms with E-state index < -0.39 is 6.10 Å². The zero-order chi connectivity index (χ0) is 17.8. The topological polar surface area (TPSA) is 95.6 Å². The van der Waals surface area contributed by atoms with E-state index in [9.17, 15) is 9.90 Å². The maximum atomic E-state index is 12.3. The van der Waals surface area contributed by atoms with Crippen LogP contribution in [0.2, 0.25) is 0 Å². The minimum Gasteiger partial charge on any atom is -0.392 e. The number of hydrogen-bond donors (Lipinski definition) is 5. The maximum absolute atomic E-state index is 12.3. The number of H-pyrrole nitrogens is 1. The number of aromatic nitrogens is 1. The lowest BCUT2D eigenvalue weighted by Crippen LogP contribution is -3.17. The summed E-state index contributed by atoms with van der Waals surface area (Å²) in [5, 5.41) is 11.8. The van der Waals surface area contributed by atoms with Crippen molar-refractivity contribution in [2.75, 3.05) is 6.54 Å². The molecular formula is C20H27N4O2+. The van der Waals surface area contributed by atoms with Crippen molar-refractivity contribution in [3.8, 4) is 0 Å². The molecule has 6 nitrogen and oxygen atoms in total. The van der Waals surface area contributed by atoms with Crippen molar-refractivity contribution in [3.05, 3.63) is 35.5 Å². The first-order chi connectivity index (χ1) is 12.7. The number of carbonyl (C=O) groups excluding carboxylic acids is 1. The number of nitrogens with one attached hydrogen (secondary N) is 3. The Bertz CT molecular complexity index is 847. The Kier molecular flexibility index (Phi) is 3.81. The summed E-state index contributed by atoms with van der Waals surface area (Å²) in [5.74, 6) is 5.59. The second-order valence-electron chi connectivity index (χ2n) is 8.41. The highest BCUT2D eigenvalue weighted by Gasteiger charge is 2.50. The van der Waals surface area contributed by atoms with E-state index in [0.29, 0.717) is 18.4 Å². The molecule has 2 aromatic rings. The van der Waals surface area contributed by atoms with Crippen LogP contribution in [0.1, 0.15) is 30.5 Å². The highest BCUT2D eigenvalue weighted by Crippen LogP contribution is 2.40. The number of nitrogens with two attached hydrogens (primary N) is 1. The molecule has 2 fully saturated rings. The highest BCUT2D eigenvalue weighted by molar-refractivity contribution is 5.84. The first-order valence-electron chi connectivity index (χ1n) is 9.77. The molecule has 2 aliphatic heterocycles. The molecule has 1 aromatic carbocycles. The van der Waals surface area contributed by atoms with E-state index in [1.807, 2.05) is 0 Å². The molecule has 3 heterocycles. The van der Waals surface area contributed by atoms with E-state index in [4.69, 9.17) is 5.84 Å². The Hall–Kier alpha value is -1.89. The molecule has 6 N–H and O–H groups in total. The van der Waals surface area contributed by atoms with Crippen LogP contribution >= 0.6 is 0 Å². The van der Waals surface area contributed by atoms with Gasteiger partial charge in [0.05, 0.1) is 24.6 Å². The van der Waals surface area contributed by atoms with E-state index in [2.05, 4.69) is 34.7 Å². The lowest BCUT2D eigenvalue weighted by atomic mass is 9.64. The molecule has 0 radical (unpaired) electrons. The third kappa shape index (κ3) is 2.40. The fraction of sp³-hybridized carbons (Fsp3) is 0.550. The predicted molar refractivity (Wildman–Crippen MR) is 98.0 cm³/mol. The third-order valence-corrected chi connectivity index (χ3v) is 7.17. The second kappa shape index (κ2) is 6.08. The summed E-state index contributed by atoms with van der Waals surface area (Å²) in [5.41, 5.74) is 6.34. The van der Waals surface area contributed by atoms with Gasteiger partial charge in [0.25, 0.3) is 0 Å². The third-order valence-electron chi connectivity index (χ3n) is 7.17. The van der Waals surface area contributed by atoms with Gasteiger partial charge in [0.1, 0.15) is 6.54 Å². The van der Waals surface area contributed by atoms with Gasteiger partial charge in [0.2, 0.25) is 5.91 Å². The Morgan fingerprint density at radius 2 is 2.15 bits per heavy atom. The van der Waals surface area contributed by atoms with Crippen molar-refractivity contribution >= 4 is 16.8 Å². The second-order valence-corrected chi connectivity index (χ2v) is 8.41. The van der Waals surface area contributed by atoms with Gasteiger partial charge in [-0.15, -0.1) is 0 Å². The number of benzene rings is 1. The monoisotopic (exact) mass is 355 g/mol. The molecule has 6 atom stereocenters. The van der Waals surface area contributed by atoms with Crippen LogP contribution < -0.4 is 16.2 Å². The average molecular weight is 355 g/mol. The van der Waals surface area contributed by atoms with Gasteiger partial charge in [-0.05, 0) is 24.8 Å². The zero-order valence-electron chi connectivity index (χ0n) is 14.9. The minimum atomic E-state index is -0.562. The number of fused-ring (bicyclic) bond motifs is 5. The van der Waals surface area contributed by atoms with Gasteiger partial charge in [-0.3, -0.25) is 10.2 Å². The molecule has 26 heavy (non-hydrogen) atoms. The summed E-state index contributed by atoms with van der Waals surface area (Å²) in [7, 11) is 0. The SMILES string of the molecule is NNC(=O)[C@@H]1[C@H]2C[C@H]3Cc4[nH]c5ccccc5c4C[NH+]3C[C@@H]2CC[C@@H]1O. The lowest BCUT2D eigenvalue weighted by Gasteiger charge is -2.48. The number of quaternary nitrogens is 1. The van der Waals surface area contributed by atoms with Crippen molar-refractivity contribution in [2.24, 2.45) is 23.6 Å². The average Bonchev–Trinajstić information content (AvgIpc) is 3.01. The van der Waals surface area contributed by atoms with E-state index in [1.165, 1.54) is 22.2 Å². The highest BCUT2D eigenvalue weighted by atomic mass is 16.3. The quantitative estimate of drug-likeness (QED) is 0.280. The summed E-state index contributed by atoms with van der Waals surface area (Å²) in [6.45, 7) is 2.15. The van der Waals surface area contributed by atoms with Gasteiger partial charge in [-0.2, -0.15) is 0 Å². The molecule has 0 spiro atoms. The molecule has 1 saturated heterocycles. The first kappa shape index (κ1) is 16.3. The smallest absolute Gasteiger partial charge is 0.239 e. The number of aliphatic hydroxyl groups excluding tert-OH is 1. The Morgan fingerprint density at radius 1 is 1.31 bits per heavy atom. The van der Waals surface area contributed by atoms with Gasteiger partial charge >= 0.3 is 0 Å². The van der Waals surface area contributed by atoms with Crippen LogP contribution in [0, 0.1) is 17.8 Å². The van der Waals surface area contributed by atoms with Crippen LogP contribution in [-0.4, -0.2) is 34.7 Å². The summed E-state index contributed by atoms with van der Waals surface area (Å²) in [6, 6.07) is 9.07. The molecule has 6 heteroatoms. The largest absolute Gasteiger partial charge is 0.392 e. The Balaban J connectivity index is 1.45. The maximum Gasteiger partial charge on any atom is 0.239 e. The molecule has 1 aromatic heterocycles. The van der Waals surface area contributed by atoms with Crippen LogP contribution in [0.5, 0.6) is 0 Å². The molecule has 138 valence electrons. The Labute approximate surface area is 152 Å². The van der Waals surface area contributed by atoms with Gasteiger partial charge in [0.15, 0.2) is 0 Å². The lowest BCUT2D eigenvalue weighted by molar-refractivity contribution is -0.951. The number of amides is 1. The first-order valence-corrected chi connectivity index (χ1v) is 9.77. The van der Waals surface area contributed by atoms with Crippen molar-refractivity contribution < 1.29 is 14.8 Å². The predicted octanol–water partition coefficient (Wildman–Crippen LogP) is -0.126. The van der Waals surface area contributed by atoms with E-state index in [1.54, 1.807) is 4.90 Å². The minimum absolute atomic E-state index is 0.197. The van der Waals surface area contributed by atoms with Crippen molar-refractivity contribution in [2.45, 2.75) is 44.4 Å².